The van der Waals surface area contributed by atoms with E-state index in [4.69, 9.17) is 9.15 Å². The molecule has 0 spiro atoms. The van der Waals surface area contributed by atoms with Crippen LogP contribution in [0.1, 0.15) is 38.0 Å². The summed E-state index contributed by atoms with van der Waals surface area (Å²) in [6.07, 6.45) is 1.92. The maximum atomic E-state index is 12.4. The fraction of sp³-hybridized carbons (Fsp3) is 0.833. The van der Waals surface area contributed by atoms with Crippen molar-refractivity contribution >= 4 is 6.01 Å². The smallest absolute Gasteiger partial charge is 0.318 e. The van der Waals surface area contributed by atoms with Gasteiger partial charge in [-0.05, 0) is 31.6 Å². The molecule has 1 aromatic rings. The predicted octanol–water partition coefficient (Wildman–Crippen LogP) is 2.40. The van der Waals surface area contributed by atoms with Gasteiger partial charge in [0, 0.05) is 19.7 Å². The Morgan fingerprint density at radius 3 is 2.53 bits per heavy atom. The van der Waals surface area contributed by atoms with Gasteiger partial charge in [0.15, 0.2) is 0 Å². The van der Waals surface area contributed by atoms with Gasteiger partial charge in [-0.2, -0.15) is 8.78 Å². The van der Waals surface area contributed by atoms with E-state index in [1.165, 1.54) is 0 Å². The quantitative estimate of drug-likeness (QED) is 0.846. The van der Waals surface area contributed by atoms with Gasteiger partial charge in [-0.25, -0.2) is 0 Å². The second kappa shape index (κ2) is 5.40. The summed E-state index contributed by atoms with van der Waals surface area (Å²) < 4.78 is 35.4. The van der Waals surface area contributed by atoms with Crippen LogP contribution in [-0.4, -0.2) is 36.0 Å². The monoisotopic (exact) mass is 273 g/mol. The Hall–Kier alpha value is -1.24. The van der Waals surface area contributed by atoms with E-state index < -0.39 is 12.3 Å². The zero-order valence-electron chi connectivity index (χ0n) is 10.6. The molecule has 1 atom stereocenters. The molecule has 19 heavy (non-hydrogen) atoms. The number of piperidine rings is 1. The van der Waals surface area contributed by atoms with Crippen molar-refractivity contribution in [2.24, 2.45) is 5.92 Å². The third kappa shape index (κ3) is 2.70. The first-order valence-electron chi connectivity index (χ1n) is 6.72. The van der Waals surface area contributed by atoms with Gasteiger partial charge in [-0.3, -0.25) is 0 Å². The lowest BCUT2D eigenvalue weighted by molar-refractivity contribution is 0.0526. The predicted molar refractivity (Wildman–Crippen MR) is 63.2 cm³/mol. The van der Waals surface area contributed by atoms with E-state index in [2.05, 4.69) is 10.2 Å². The number of ether oxygens (including phenoxy) is 1. The standard InChI is InChI=1S/C12H17F2N3O2/c13-10(14)11-15-16-12(19-11)17-5-3-8(4-6-17)9-2-1-7-18-9/h8-10H,1-7H2. The van der Waals surface area contributed by atoms with Crippen molar-refractivity contribution < 1.29 is 17.9 Å². The zero-order valence-corrected chi connectivity index (χ0v) is 10.6. The normalized spacial score (nSPS) is 25.4. The van der Waals surface area contributed by atoms with E-state index in [1.807, 2.05) is 4.90 Å². The van der Waals surface area contributed by atoms with Crippen LogP contribution >= 0.6 is 0 Å². The van der Waals surface area contributed by atoms with Gasteiger partial charge < -0.3 is 14.1 Å². The molecule has 0 aliphatic carbocycles. The Balaban J connectivity index is 1.56. The highest BCUT2D eigenvalue weighted by Crippen LogP contribution is 2.31. The third-order valence-corrected chi connectivity index (χ3v) is 3.92. The highest BCUT2D eigenvalue weighted by atomic mass is 19.3. The fourth-order valence-corrected chi connectivity index (χ4v) is 2.88. The molecular formula is C12H17F2N3O2. The minimum Gasteiger partial charge on any atom is -0.402 e. The van der Waals surface area contributed by atoms with Crippen molar-refractivity contribution in [3.05, 3.63) is 5.89 Å². The van der Waals surface area contributed by atoms with Crippen LogP contribution in [0.25, 0.3) is 0 Å². The Morgan fingerprint density at radius 2 is 1.95 bits per heavy atom. The molecule has 2 saturated heterocycles. The highest BCUT2D eigenvalue weighted by molar-refractivity contribution is 5.25. The third-order valence-electron chi connectivity index (χ3n) is 3.92. The van der Waals surface area contributed by atoms with E-state index in [-0.39, 0.29) is 6.01 Å². The van der Waals surface area contributed by atoms with Crippen molar-refractivity contribution in [1.29, 1.82) is 0 Å². The summed E-state index contributed by atoms with van der Waals surface area (Å²) in [7, 11) is 0. The molecule has 0 aromatic carbocycles. The van der Waals surface area contributed by atoms with Crippen LogP contribution < -0.4 is 4.90 Å². The van der Waals surface area contributed by atoms with Crippen LogP contribution in [0.2, 0.25) is 0 Å². The van der Waals surface area contributed by atoms with Gasteiger partial charge in [-0.1, -0.05) is 5.10 Å². The molecule has 106 valence electrons. The van der Waals surface area contributed by atoms with Crippen molar-refractivity contribution in [3.63, 3.8) is 0 Å². The SMILES string of the molecule is FC(F)c1nnc(N2CCC(C3CCCO3)CC2)o1. The first-order chi connectivity index (χ1) is 9.24. The molecule has 2 aliphatic rings. The molecule has 0 radical (unpaired) electrons. The molecule has 0 amide bonds. The molecule has 2 aliphatic heterocycles. The maximum Gasteiger partial charge on any atom is 0.318 e. The van der Waals surface area contributed by atoms with E-state index in [9.17, 15) is 8.78 Å². The summed E-state index contributed by atoms with van der Waals surface area (Å²) in [5.74, 6) is -0.0347. The molecular weight excluding hydrogens is 256 g/mol. The molecule has 3 rings (SSSR count). The molecule has 5 nitrogen and oxygen atoms in total. The average molecular weight is 273 g/mol. The Bertz CT molecular complexity index is 413. The van der Waals surface area contributed by atoms with Crippen molar-refractivity contribution in [3.8, 4) is 0 Å². The van der Waals surface area contributed by atoms with E-state index in [0.29, 0.717) is 12.0 Å². The minimum absolute atomic E-state index is 0.209. The molecule has 0 bridgehead atoms. The largest absolute Gasteiger partial charge is 0.402 e. The lowest BCUT2D eigenvalue weighted by atomic mass is 9.90. The van der Waals surface area contributed by atoms with Gasteiger partial charge in [0.2, 0.25) is 0 Å². The Morgan fingerprint density at radius 1 is 1.16 bits per heavy atom. The van der Waals surface area contributed by atoms with Crippen molar-refractivity contribution in [2.75, 3.05) is 24.6 Å². The Kier molecular flexibility index (Phi) is 3.63. The molecule has 3 heterocycles. The molecule has 1 aromatic heterocycles. The fourth-order valence-electron chi connectivity index (χ4n) is 2.88. The maximum absolute atomic E-state index is 12.4. The highest BCUT2D eigenvalue weighted by Gasteiger charge is 2.31. The second-order valence-corrected chi connectivity index (χ2v) is 5.10. The van der Waals surface area contributed by atoms with Gasteiger partial charge >= 0.3 is 12.4 Å². The molecule has 0 N–H and O–H groups in total. The summed E-state index contributed by atoms with van der Waals surface area (Å²) >= 11 is 0. The summed E-state index contributed by atoms with van der Waals surface area (Å²) in [5.41, 5.74) is 0. The summed E-state index contributed by atoms with van der Waals surface area (Å²) in [4.78, 5) is 1.88. The topological polar surface area (TPSA) is 51.4 Å². The number of hydrogen-bond donors (Lipinski definition) is 0. The average Bonchev–Trinajstić information content (AvgIpc) is 3.11. The lowest BCUT2D eigenvalue weighted by Crippen LogP contribution is -2.37. The first-order valence-corrected chi connectivity index (χ1v) is 6.72. The molecule has 0 saturated carbocycles. The number of nitrogens with zero attached hydrogens (tertiary/aromatic N) is 3. The van der Waals surface area contributed by atoms with E-state index in [0.717, 1.165) is 45.4 Å². The van der Waals surface area contributed by atoms with Gasteiger partial charge in [0.25, 0.3) is 5.89 Å². The van der Waals surface area contributed by atoms with Crippen LogP contribution in [-0.2, 0) is 4.74 Å². The van der Waals surface area contributed by atoms with Crippen LogP contribution in [0.5, 0.6) is 0 Å². The number of halogens is 2. The number of hydrogen-bond acceptors (Lipinski definition) is 5. The molecule has 2 fully saturated rings. The number of alkyl halides is 2. The van der Waals surface area contributed by atoms with E-state index >= 15 is 0 Å². The van der Waals surface area contributed by atoms with E-state index in [1.54, 1.807) is 0 Å². The van der Waals surface area contributed by atoms with Crippen LogP contribution in [0.15, 0.2) is 4.42 Å². The lowest BCUT2D eigenvalue weighted by Gasteiger charge is -2.33. The first kappa shape index (κ1) is 12.8. The number of aromatic nitrogens is 2. The van der Waals surface area contributed by atoms with Crippen molar-refractivity contribution in [2.45, 2.75) is 38.2 Å². The van der Waals surface area contributed by atoms with Gasteiger partial charge in [0.05, 0.1) is 6.10 Å². The summed E-state index contributed by atoms with van der Waals surface area (Å²) in [6.45, 7) is 2.39. The van der Waals surface area contributed by atoms with Crippen LogP contribution in [0.3, 0.4) is 0 Å². The molecule has 7 heteroatoms. The van der Waals surface area contributed by atoms with Crippen molar-refractivity contribution in [1.82, 2.24) is 10.2 Å². The second-order valence-electron chi connectivity index (χ2n) is 5.10. The molecule has 1 unspecified atom stereocenters. The summed E-state index contributed by atoms with van der Waals surface area (Å²) in [5, 5.41) is 7.04. The Labute approximate surface area is 109 Å². The van der Waals surface area contributed by atoms with Gasteiger partial charge in [0.1, 0.15) is 0 Å². The minimum atomic E-state index is -2.70. The van der Waals surface area contributed by atoms with Crippen LogP contribution in [0, 0.1) is 5.92 Å². The summed E-state index contributed by atoms with van der Waals surface area (Å²) in [6, 6.07) is 0.209. The number of rotatable bonds is 3. The number of anilines is 1. The van der Waals surface area contributed by atoms with Gasteiger partial charge in [-0.15, -0.1) is 5.10 Å². The van der Waals surface area contributed by atoms with Crippen LogP contribution in [0.4, 0.5) is 14.8 Å². The zero-order chi connectivity index (χ0) is 13.2.